The maximum atomic E-state index is 5.92. The monoisotopic (exact) mass is 273 g/mol. The van der Waals surface area contributed by atoms with Crippen LogP contribution in [0.1, 0.15) is 18.5 Å². The van der Waals surface area contributed by atoms with Crippen molar-refractivity contribution >= 4 is 28.5 Å². The Labute approximate surface area is 115 Å². The molecule has 0 bridgehead atoms. The van der Waals surface area contributed by atoms with Crippen LogP contribution in [0.15, 0.2) is 36.8 Å². The Morgan fingerprint density at radius 3 is 2.79 bits per heavy atom. The Kier molecular flexibility index (Phi) is 3.05. The molecule has 0 spiro atoms. The van der Waals surface area contributed by atoms with E-state index in [9.17, 15) is 0 Å². The van der Waals surface area contributed by atoms with E-state index < -0.39 is 0 Å². The summed E-state index contributed by atoms with van der Waals surface area (Å²) in [5.41, 5.74) is 1.86. The number of nitrogens with zero attached hydrogens (tertiary/aromatic N) is 3. The number of rotatable bonds is 3. The molecule has 0 saturated carbocycles. The first-order chi connectivity index (χ1) is 9.24. The van der Waals surface area contributed by atoms with E-state index in [2.05, 4.69) is 32.2 Å². The van der Waals surface area contributed by atoms with Crippen LogP contribution in [0.4, 0.5) is 5.82 Å². The molecule has 0 fully saturated rings. The van der Waals surface area contributed by atoms with Gasteiger partial charge in [-0.2, -0.15) is 4.98 Å². The second-order valence-corrected chi connectivity index (χ2v) is 4.57. The van der Waals surface area contributed by atoms with Crippen LogP contribution in [0.3, 0.4) is 0 Å². The number of aromatic amines is 1. The van der Waals surface area contributed by atoms with Gasteiger partial charge in [-0.25, -0.2) is 4.98 Å². The molecular weight excluding hydrogens is 262 g/mol. The minimum absolute atomic E-state index is 0.104. The van der Waals surface area contributed by atoms with Crippen molar-refractivity contribution in [2.24, 2.45) is 0 Å². The summed E-state index contributed by atoms with van der Waals surface area (Å²) in [6.07, 6.45) is 5.36. The molecule has 96 valence electrons. The van der Waals surface area contributed by atoms with Crippen LogP contribution in [-0.2, 0) is 0 Å². The maximum Gasteiger partial charge on any atom is 0.226 e. The van der Waals surface area contributed by atoms with E-state index in [1.807, 2.05) is 24.4 Å². The Morgan fingerprint density at radius 1 is 1.21 bits per heavy atom. The zero-order valence-corrected chi connectivity index (χ0v) is 11.0. The van der Waals surface area contributed by atoms with Crippen molar-refractivity contribution in [2.75, 3.05) is 5.32 Å². The highest BCUT2D eigenvalue weighted by Gasteiger charge is 2.11. The van der Waals surface area contributed by atoms with Gasteiger partial charge in [0.1, 0.15) is 11.5 Å². The molecule has 2 N–H and O–H groups in total. The van der Waals surface area contributed by atoms with Gasteiger partial charge in [-0.15, -0.1) is 0 Å². The summed E-state index contributed by atoms with van der Waals surface area (Å²) in [4.78, 5) is 15.4. The molecule has 0 radical (unpaired) electrons. The fraction of sp³-hybridized carbons (Fsp3) is 0.154. The minimum Gasteiger partial charge on any atom is -0.363 e. The van der Waals surface area contributed by atoms with E-state index in [0.29, 0.717) is 0 Å². The molecule has 0 aliphatic carbocycles. The standard InChI is InChI=1S/C13H12ClN5/c1-8(9-2-5-15-6-3-9)17-12-10-4-7-16-11(10)18-13(14)19-12/h2-8H,1H3,(H2,16,17,18,19). The maximum absolute atomic E-state index is 5.92. The molecule has 3 aromatic heterocycles. The van der Waals surface area contributed by atoms with Crippen molar-refractivity contribution < 1.29 is 0 Å². The smallest absolute Gasteiger partial charge is 0.226 e. The molecule has 19 heavy (non-hydrogen) atoms. The molecule has 0 aliphatic heterocycles. The third-order valence-corrected chi connectivity index (χ3v) is 3.12. The van der Waals surface area contributed by atoms with Gasteiger partial charge < -0.3 is 10.3 Å². The normalized spacial score (nSPS) is 12.5. The molecule has 3 aromatic rings. The van der Waals surface area contributed by atoms with Gasteiger partial charge in [0, 0.05) is 18.6 Å². The molecule has 3 heterocycles. The van der Waals surface area contributed by atoms with Crippen LogP contribution in [0.5, 0.6) is 0 Å². The molecule has 0 aromatic carbocycles. The summed E-state index contributed by atoms with van der Waals surface area (Å²) in [5.74, 6) is 0.723. The summed E-state index contributed by atoms with van der Waals surface area (Å²) in [5, 5.41) is 4.49. The summed E-state index contributed by atoms with van der Waals surface area (Å²) < 4.78 is 0. The number of hydrogen-bond donors (Lipinski definition) is 2. The van der Waals surface area contributed by atoms with E-state index in [-0.39, 0.29) is 11.3 Å². The molecular formula is C13H12ClN5. The van der Waals surface area contributed by atoms with Crippen molar-refractivity contribution in [1.29, 1.82) is 0 Å². The molecule has 6 heteroatoms. The van der Waals surface area contributed by atoms with Gasteiger partial charge >= 0.3 is 0 Å². The largest absolute Gasteiger partial charge is 0.363 e. The quantitative estimate of drug-likeness (QED) is 0.719. The molecule has 1 unspecified atom stereocenters. The summed E-state index contributed by atoms with van der Waals surface area (Å²) >= 11 is 5.92. The average Bonchev–Trinajstić information content (AvgIpc) is 2.88. The first-order valence-corrected chi connectivity index (χ1v) is 6.29. The molecule has 0 aliphatic rings. The van der Waals surface area contributed by atoms with E-state index in [1.54, 1.807) is 12.4 Å². The number of halogens is 1. The number of pyridine rings is 1. The van der Waals surface area contributed by atoms with Gasteiger partial charge in [0.15, 0.2) is 0 Å². The highest BCUT2D eigenvalue weighted by molar-refractivity contribution is 6.28. The van der Waals surface area contributed by atoms with Crippen LogP contribution in [0.25, 0.3) is 11.0 Å². The Hall–Kier alpha value is -2.14. The fourth-order valence-electron chi connectivity index (χ4n) is 1.96. The lowest BCUT2D eigenvalue weighted by molar-refractivity contribution is 0.872. The number of anilines is 1. The van der Waals surface area contributed by atoms with Crippen LogP contribution in [-0.4, -0.2) is 19.9 Å². The van der Waals surface area contributed by atoms with Gasteiger partial charge in [-0.3, -0.25) is 4.98 Å². The van der Waals surface area contributed by atoms with Gasteiger partial charge in [0.2, 0.25) is 5.28 Å². The topological polar surface area (TPSA) is 66.5 Å². The van der Waals surface area contributed by atoms with E-state index in [1.165, 1.54) is 0 Å². The predicted molar refractivity (Wildman–Crippen MR) is 75.2 cm³/mol. The van der Waals surface area contributed by atoms with Crippen molar-refractivity contribution in [3.8, 4) is 0 Å². The van der Waals surface area contributed by atoms with Gasteiger partial charge in [0.05, 0.1) is 11.4 Å². The summed E-state index contributed by atoms with van der Waals surface area (Å²) in [6.45, 7) is 2.06. The number of aromatic nitrogens is 4. The molecule has 1 atom stereocenters. The summed E-state index contributed by atoms with van der Waals surface area (Å²) in [7, 11) is 0. The van der Waals surface area contributed by atoms with Crippen molar-refractivity contribution in [3.05, 3.63) is 47.6 Å². The molecule has 5 nitrogen and oxygen atoms in total. The van der Waals surface area contributed by atoms with Crippen LogP contribution < -0.4 is 5.32 Å². The predicted octanol–water partition coefficient (Wildman–Crippen LogP) is 3.18. The van der Waals surface area contributed by atoms with Crippen molar-refractivity contribution in [3.63, 3.8) is 0 Å². The lowest BCUT2D eigenvalue weighted by Gasteiger charge is -2.15. The third-order valence-electron chi connectivity index (χ3n) is 2.95. The SMILES string of the molecule is CC(Nc1nc(Cl)nc2[nH]ccc12)c1ccncc1. The lowest BCUT2D eigenvalue weighted by atomic mass is 10.1. The van der Waals surface area contributed by atoms with Gasteiger partial charge in [-0.05, 0) is 42.3 Å². The molecule has 3 rings (SSSR count). The van der Waals surface area contributed by atoms with E-state index >= 15 is 0 Å². The van der Waals surface area contributed by atoms with E-state index in [4.69, 9.17) is 11.6 Å². The molecule has 0 amide bonds. The first kappa shape index (κ1) is 11.9. The number of fused-ring (bicyclic) bond motifs is 1. The van der Waals surface area contributed by atoms with Crippen LogP contribution >= 0.6 is 11.6 Å². The highest BCUT2D eigenvalue weighted by Crippen LogP contribution is 2.25. The fourth-order valence-corrected chi connectivity index (χ4v) is 2.13. The third kappa shape index (κ3) is 2.37. The van der Waals surface area contributed by atoms with Crippen LogP contribution in [0, 0.1) is 0 Å². The Morgan fingerprint density at radius 2 is 2.00 bits per heavy atom. The Bertz CT molecular complexity index is 695. The second-order valence-electron chi connectivity index (χ2n) is 4.23. The zero-order chi connectivity index (χ0) is 13.2. The zero-order valence-electron chi connectivity index (χ0n) is 10.3. The van der Waals surface area contributed by atoms with Crippen molar-refractivity contribution in [1.82, 2.24) is 19.9 Å². The van der Waals surface area contributed by atoms with Gasteiger partial charge in [0.25, 0.3) is 0 Å². The van der Waals surface area contributed by atoms with Gasteiger partial charge in [-0.1, -0.05) is 0 Å². The number of H-pyrrole nitrogens is 1. The number of nitrogens with one attached hydrogen (secondary N) is 2. The average molecular weight is 274 g/mol. The van der Waals surface area contributed by atoms with Crippen LogP contribution in [0.2, 0.25) is 5.28 Å². The van der Waals surface area contributed by atoms with E-state index in [0.717, 1.165) is 22.4 Å². The lowest BCUT2D eigenvalue weighted by Crippen LogP contribution is -2.08. The first-order valence-electron chi connectivity index (χ1n) is 5.91. The minimum atomic E-state index is 0.104. The Balaban J connectivity index is 1.95. The van der Waals surface area contributed by atoms with Crippen molar-refractivity contribution in [2.45, 2.75) is 13.0 Å². The second kappa shape index (κ2) is 4.85. The molecule has 0 saturated heterocycles. The highest BCUT2D eigenvalue weighted by atomic mass is 35.5. The summed E-state index contributed by atoms with van der Waals surface area (Å²) in [6, 6.07) is 5.96. The number of hydrogen-bond acceptors (Lipinski definition) is 4.